The summed E-state index contributed by atoms with van der Waals surface area (Å²) in [4.78, 5) is 42.2. The molecule has 3 heterocycles. The number of aromatic nitrogens is 3. The van der Waals surface area contributed by atoms with Gasteiger partial charge in [0.25, 0.3) is 5.91 Å². The Morgan fingerprint density at radius 1 is 1.02 bits per heavy atom. The summed E-state index contributed by atoms with van der Waals surface area (Å²) in [5, 5.41) is 2.98. The van der Waals surface area contributed by atoms with Crippen LogP contribution in [0.2, 0.25) is 0 Å². The molecule has 1 aliphatic heterocycles. The van der Waals surface area contributed by atoms with E-state index in [0.717, 1.165) is 64.4 Å². The molecular weight excluding hydrogens is 564 g/mol. The van der Waals surface area contributed by atoms with Crippen molar-refractivity contribution < 1.29 is 14.3 Å². The van der Waals surface area contributed by atoms with Crippen LogP contribution in [-0.2, 0) is 17.8 Å². The molecule has 230 valence electrons. The van der Waals surface area contributed by atoms with Crippen molar-refractivity contribution in [1.29, 1.82) is 0 Å². The first-order valence-corrected chi connectivity index (χ1v) is 15.2. The van der Waals surface area contributed by atoms with Gasteiger partial charge in [0.2, 0.25) is 5.91 Å². The largest absolute Gasteiger partial charge is 0.497 e. The van der Waals surface area contributed by atoms with E-state index in [1.54, 1.807) is 26.1 Å². The van der Waals surface area contributed by atoms with Crippen LogP contribution in [0.5, 0.6) is 5.75 Å². The molecule has 0 spiro atoms. The van der Waals surface area contributed by atoms with E-state index in [4.69, 9.17) is 14.7 Å². The average molecular weight is 603 g/mol. The van der Waals surface area contributed by atoms with Gasteiger partial charge in [-0.2, -0.15) is 0 Å². The van der Waals surface area contributed by atoms with Gasteiger partial charge in [-0.25, -0.2) is 9.97 Å². The first-order valence-electron chi connectivity index (χ1n) is 15.2. The van der Waals surface area contributed by atoms with E-state index in [-0.39, 0.29) is 11.8 Å². The summed E-state index contributed by atoms with van der Waals surface area (Å²) in [5.41, 5.74) is 11.5. The maximum Gasteiger partial charge on any atom is 0.253 e. The highest BCUT2D eigenvalue weighted by Crippen LogP contribution is 2.32. The van der Waals surface area contributed by atoms with Crippen LogP contribution in [0.15, 0.2) is 67.0 Å². The predicted molar refractivity (Wildman–Crippen MR) is 177 cm³/mol. The Balaban J connectivity index is 1.19. The quantitative estimate of drug-likeness (QED) is 0.226. The number of nitrogens with zero attached hydrogens (tertiary/aromatic N) is 4. The van der Waals surface area contributed by atoms with E-state index in [1.807, 2.05) is 61.8 Å². The van der Waals surface area contributed by atoms with Crippen LogP contribution in [-0.4, -0.2) is 70.9 Å². The zero-order valence-corrected chi connectivity index (χ0v) is 26.4. The number of aromatic amines is 1. The fourth-order valence-electron chi connectivity index (χ4n) is 6.04. The molecule has 3 aromatic carbocycles. The van der Waals surface area contributed by atoms with E-state index < -0.39 is 0 Å². The Labute approximate surface area is 263 Å². The van der Waals surface area contributed by atoms with E-state index >= 15 is 0 Å². The smallest absolute Gasteiger partial charge is 0.253 e. The van der Waals surface area contributed by atoms with Crippen molar-refractivity contribution >= 4 is 28.7 Å². The van der Waals surface area contributed by atoms with Gasteiger partial charge >= 0.3 is 0 Å². The van der Waals surface area contributed by atoms with Crippen LogP contribution in [0.4, 0.5) is 5.69 Å². The molecule has 2 aromatic heterocycles. The molecule has 0 atom stereocenters. The van der Waals surface area contributed by atoms with E-state index in [9.17, 15) is 9.59 Å². The van der Waals surface area contributed by atoms with Crippen LogP contribution < -0.4 is 10.1 Å². The lowest BCUT2D eigenvalue weighted by molar-refractivity contribution is -0.116. The van der Waals surface area contributed by atoms with Gasteiger partial charge in [0.1, 0.15) is 11.3 Å². The zero-order valence-electron chi connectivity index (χ0n) is 26.4. The topological polar surface area (TPSA) is 103 Å². The fraction of sp³-hybridized carbons (Fsp3) is 0.278. The number of ether oxygens (including phenoxy) is 1. The lowest BCUT2D eigenvalue weighted by Gasteiger charge is -2.30. The summed E-state index contributed by atoms with van der Waals surface area (Å²) in [6, 6.07) is 17.7. The molecule has 1 aliphatic rings. The van der Waals surface area contributed by atoms with Gasteiger partial charge in [-0.3, -0.25) is 14.5 Å². The van der Waals surface area contributed by atoms with Gasteiger partial charge < -0.3 is 19.9 Å². The Bertz CT molecular complexity index is 1890. The molecule has 0 radical (unpaired) electrons. The third kappa shape index (κ3) is 6.30. The molecule has 45 heavy (non-hydrogen) atoms. The van der Waals surface area contributed by atoms with Gasteiger partial charge in [-0.1, -0.05) is 12.1 Å². The normalized spacial score (nSPS) is 13.0. The van der Waals surface area contributed by atoms with Crippen molar-refractivity contribution in [3.8, 4) is 28.1 Å². The average Bonchev–Trinajstić information content (AvgIpc) is 3.47. The van der Waals surface area contributed by atoms with Crippen molar-refractivity contribution in [1.82, 2.24) is 24.8 Å². The van der Waals surface area contributed by atoms with Crippen LogP contribution in [0.25, 0.3) is 33.5 Å². The SMILES string of the molecule is COc1ccc(NC(=O)CCN2CCc3c(C)cc(-c4cnc5[nH]cc(-c6ccc(C(=O)N(C)C)c(C)c6)c5n4)cc3C2)cc1. The molecule has 2 amide bonds. The third-order valence-electron chi connectivity index (χ3n) is 8.52. The third-order valence-corrected chi connectivity index (χ3v) is 8.52. The second kappa shape index (κ2) is 12.5. The number of aryl methyl sites for hydroxylation is 2. The number of H-pyrrole nitrogens is 1. The number of methoxy groups -OCH3 is 1. The Hall–Kier alpha value is -5.02. The number of benzene rings is 3. The van der Waals surface area contributed by atoms with Gasteiger partial charge in [0, 0.05) is 68.7 Å². The van der Waals surface area contributed by atoms with Gasteiger partial charge in [-0.05, 0) is 90.6 Å². The summed E-state index contributed by atoms with van der Waals surface area (Å²) in [5.74, 6) is 0.738. The molecule has 6 rings (SSSR count). The Morgan fingerprint density at radius 2 is 1.80 bits per heavy atom. The molecule has 0 aliphatic carbocycles. The summed E-state index contributed by atoms with van der Waals surface area (Å²) in [6.45, 7) is 6.50. The maximum atomic E-state index is 12.7. The lowest BCUT2D eigenvalue weighted by atomic mass is 9.92. The molecule has 0 unspecified atom stereocenters. The van der Waals surface area contributed by atoms with Crippen LogP contribution in [0.3, 0.4) is 0 Å². The zero-order chi connectivity index (χ0) is 31.7. The molecular formula is C36H38N6O3. The number of nitrogens with one attached hydrogen (secondary N) is 2. The molecule has 2 N–H and O–H groups in total. The van der Waals surface area contributed by atoms with Crippen LogP contribution >= 0.6 is 0 Å². The number of hydrogen-bond acceptors (Lipinski definition) is 6. The summed E-state index contributed by atoms with van der Waals surface area (Å²) in [6.07, 6.45) is 5.11. The molecule has 9 heteroatoms. The maximum absolute atomic E-state index is 12.7. The Morgan fingerprint density at radius 3 is 2.53 bits per heavy atom. The molecule has 5 aromatic rings. The standard InChI is InChI=1S/C36H38N6O3/c1-22-17-25(18-26-21-42(14-12-29(22)26)15-13-33(43)39-27-7-9-28(45-5)10-8-27)32-20-38-35-34(40-32)31(19-37-35)24-6-11-30(23(2)16-24)36(44)41(3)4/h6-11,16-20H,12-15,21H2,1-5H3,(H,37,38)(H,39,43). The lowest BCUT2D eigenvalue weighted by Crippen LogP contribution is -2.33. The number of carbonyl (C=O) groups is 2. The van der Waals surface area contributed by atoms with Gasteiger partial charge in [0.05, 0.1) is 19.0 Å². The summed E-state index contributed by atoms with van der Waals surface area (Å²) < 4.78 is 5.19. The van der Waals surface area contributed by atoms with Crippen LogP contribution in [0.1, 0.15) is 39.0 Å². The van der Waals surface area contributed by atoms with Gasteiger partial charge in [-0.15, -0.1) is 0 Å². The van der Waals surface area contributed by atoms with Crippen molar-refractivity contribution in [2.24, 2.45) is 0 Å². The highest BCUT2D eigenvalue weighted by molar-refractivity contribution is 5.97. The molecule has 0 saturated carbocycles. The van der Waals surface area contributed by atoms with E-state index in [0.29, 0.717) is 24.2 Å². The molecule has 0 saturated heterocycles. The number of carbonyl (C=O) groups excluding carboxylic acids is 2. The second-order valence-corrected chi connectivity index (χ2v) is 11.9. The monoisotopic (exact) mass is 602 g/mol. The van der Waals surface area contributed by atoms with E-state index in [1.165, 1.54) is 16.7 Å². The van der Waals surface area contributed by atoms with E-state index in [2.05, 4.69) is 34.3 Å². The number of amides is 2. The molecule has 9 nitrogen and oxygen atoms in total. The molecule has 0 bridgehead atoms. The highest BCUT2D eigenvalue weighted by Gasteiger charge is 2.21. The second-order valence-electron chi connectivity index (χ2n) is 11.9. The number of anilines is 1. The molecule has 0 fully saturated rings. The minimum Gasteiger partial charge on any atom is -0.497 e. The minimum atomic E-state index is -0.0155. The summed E-state index contributed by atoms with van der Waals surface area (Å²) in [7, 11) is 5.14. The van der Waals surface area contributed by atoms with Crippen molar-refractivity contribution in [3.05, 3.63) is 94.8 Å². The number of hydrogen-bond donors (Lipinski definition) is 2. The predicted octanol–water partition coefficient (Wildman–Crippen LogP) is 6.01. The first-order chi connectivity index (χ1) is 21.7. The summed E-state index contributed by atoms with van der Waals surface area (Å²) >= 11 is 0. The first kappa shape index (κ1) is 30.0. The van der Waals surface area contributed by atoms with Gasteiger partial charge in [0.15, 0.2) is 5.65 Å². The van der Waals surface area contributed by atoms with Crippen molar-refractivity contribution in [2.75, 3.05) is 39.6 Å². The highest BCUT2D eigenvalue weighted by atomic mass is 16.5. The minimum absolute atomic E-state index is 0.00379. The number of rotatable bonds is 8. The van der Waals surface area contributed by atoms with Crippen LogP contribution in [0, 0.1) is 13.8 Å². The number of fused-ring (bicyclic) bond motifs is 2. The Kier molecular flexibility index (Phi) is 8.36. The van der Waals surface area contributed by atoms with Crippen molar-refractivity contribution in [3.63, 3.8) is 0 Å². The fourth-order valence-corrected chi connectivity index (χ4v) is 6.04. The van der Waals surface area contributed by atoms with Crippen molar-refractivity contribution in [2.45, 2.75) is 33.2 Å².